The molecule has 2 N–H and O–H groups in total. The Hall–Kier alpha value is -2.37. The van der Waals surface area contributed by atoms with Crippen molar-refractivity contribution in [2.24, 2.45) is 0 Å². The standard InChI is InChI=1S/C12H14N4O2/c1-8-3-4-10(18-2)9(5-8)6-12(17)14-11-7-13-16-15-11/h3-5,7H,6H2,1-2H3,(H2,13,14,15,16,17). The molecule has 18 heavy (non-hydrogen) atoms. The molecular weight excluding hydrogens is 232 g/mol. The Bertz CT molecular complexity index is 537. The summed E-state index contributed by atoms with van der Waals surface area (Å²) in [6, 6.07) is 5.73. The van der Waals surface area contributed by atoms with Gasteiger partial charge in [-0.15, -0.1) is 5.10 Å². The van der Waals surface area contributed by atoms with E-state index in [1.807, 2.05) is 25.1 Å². The maximum absolute atomic E-state index is 11.8. The van der Waals surface area contributed by atoms with E-state index in [-0.39, 0.29) is 12.3 Å². The Morgan fingerprint density at radius 1 is 1.50 bits per heavy atom. The number of hydrogen-bond donors (Lipinski definition) is 2. The van der Waals surface area contributed by atoms with Gasteiger partial charge in [-0.3, -0.25) is 4.79 Å². The van der Waals surface area contributed by atoms with Crippen LogP contribution in [-0.2, 0) is 11.2 Å². The van der Waals surface area contributed by atoms with Crippen molar-refractivity contribution in [2.75, 3.05) is 12.4 Å². The largest absolute Gasteiger partial charge is 0.496 e. The van der Waals surface area contributed by atoms with Gasteiger partial charge in [-0.25, -0.2) is 0 Å². The number of nitrogens with zero attached hydrogens (tertiary/aromatic N) is 2. The van der Waals surface area contributed by atoms with E-state index in [0.29, 0.717) is 11.6 Å². The molecule has 0 bridgehead atoms. The van der Waals surface area contributed by atoms with Gasteiger partial charge in [-0.05, 0) is 13.0 Å². The average molecular weight is 246 g/mol. The lowest BCUT2D eigenvalue weighted by Gasteiger charge is -2.08. The van der Waals surface area contributed by atoms with Crippen LogP contribution in [0, 0.1) is 6.92 Å². The lowest BCUT2D eigenvalue weighted by Crippen LogP contribution is -2.15. The first-order chi connectivity index (χ1) is 8.69. The van der Waals surface area contributed by atoms with Gasteiger partial charge in [0, 0.05) is 5.56 Å². The van der Waals surface area contributed by atoms with E-state index in [1.54, 1.807) is 7.11 Å². The number of methoxy groups -OCH3 is 1. The van der Waals surface area contributed by atoms with Crippen LogP contribution in [-0.4, -0.2) is 28.4 Å². The second kappa shape index (κ2) is 5.31. The number of carbonyl (C=O) groups is 1. The molecule has 6 heteroatoms. The molecule has 2 rings (SSSR count). The topological polar surface area (TPSA) is 79.9 Å². The highest BCUT2D eigenvalue weighted by molar-refractivity contribution is 5.91. The van der Waals surface area contributed by atoms with Crippen molar-refractivity contribution in [1.82, 2.24) is 15.4 Å². The summed E-state index contributed by atoms with van der Waals surface area (Å²) in [6.07, 6.45) is 1.68. The maximum atomic E-state index is 11.8. The third-order valence-corrected chi connectivity index (χ3v) is 2.47. The zero-order chi connectivity index (χ0) is 13.0. The molecule has 0 aliphatic heterocycles. The number of aromatic nitrogens is 3. The summed E-state index contributed by atoms with van der Waals surface area (Å²) in [5.41, 5.74) is 1.93. The number of carbonyl (C=O) groups excluding carboxylic acids is 1. The number of amides is 1. The van der Waals surface area contributed by atoms with E-state index in [0.717, 1.165) is 11.1 Å². The number of aromatic amines is 1. The zero-order valence-electron chi connectivity index (χ0n) is 10.2. The molecule has 0 aliphatic carbocycles. The lowest BCUT2D eigenvalue weighted by atomic mass is 10.1. The van der Waals surface area contributed by atoms with Gasteiger partial charge in [0.05, 0.1) is 19.7 Å². The van der Waals surface area contributed by atoms with Gasteiger partial charge in [-0.1, -0.05) is 17.7 Å². The van der Waals surface area contributed by atoms with Gasteiger partial charge in [-0.2, -0.15) is 10.3 Å². The molecule has 0 unspecified atom stereocenters. The van der Waals surface area contributed by atoms with Gasteiger partial charge in [0.2, 0.25) is 5.91 Å². The molecule has 94 valence electrons. The molecule has 0 saturated heterocycles. The Morgan fingerprint density at radius 3 is 3.00 bits per heavy atom. The Morgan fingerprint density at radius 2 is 2.33 bits per heavy atom. The summed E-state index contributed by atoms with van der Waals surface area (Å²) < 4.78 is 5.22. The van der Waals surface area contributed by atoms with Crippen molar-refractivity contribution in [2.45, 2.75) is 13.3 Å². The number of hydrogen-bond acceptors (Lipinski definition) is 4. The van der Waals surface area contributed by atoms with Gasteiger partial charge >= 0.3 is 0 Å². The average Bonchev–Trinajstić information content (AvgIpc) is 2.82. The normalized spacial score (nSPS) is 10.1. The van der Waals surface area contributed by atoms with Crippen molar-refractivity contribution in [1.29, 1.82) is 0 Å². The fourth-order valence-corrected chi connectivity index (χ4v) is 1.67. The zero-order valence-corrected chi connectivity index (χ0v) is 10.2. The minimum Gasteiger partial charge on any atom is -0.496 e. The van der Waals surface area contributed by atoms with Crippen LogP contribution in [0.5, 0.6) is 5.75 Å². The molecule has 0 radical (unpaired) electrons. The molecular formula is C12H14N4O2. The van der Waals surface area contributed by atoms with E-state index in [2.05, 4.69) is 20.7 Å². The van der Waals surface area contributed by atoms with Crippen LogP contribution in [0.2, 0.25) is 0 Å². The van der Waals surface area contributed by atoms with E-state index in [9.17, 15) is 4.79 Å². The minimum atomic E-state index is -0.159. The SMILES string of the molecule is COc1ccc(C)cc1CC(=O)Nc1cn[nH]n1. The van der Waals surface area contributed by atoms with Gasteiger partial charge in [0.1, 0.15) is 5.75 Å². The molecule has 2 aromatic rings. The van der Waals surface area contributed by atoms with Crippen molar-refractivity contribution >= 4 is 11.7 Å². The molecule has 0 aliphatic rings. The highest BCUT2D eigenvalue weighted by Gasteiger charge is 2.10. The highest BCUT2D eigenvalue weighted by atomic mass is 16.5. The van der Waals surface area contributed by atoms with Gasteiger partial charge in [0.15, 0.2) is 5.82 Å². The number of H-pyrrole nitrogens is 1. The Kier molecular flexibility index (Phi) is 3.57. The van der Waals surface area contributed by atoms with Gasteiger partial charge in [0.25, 0.3) is 0 Å². The number of ether oxygens (including phenoxy) is 1. The highest BCUT2D eigenvalue weighted by Crippen LogP contribution is 2.20. The first-order valence-corrected chi connectivity index (χ1v) is 5.48. The summed E-state index contributed by atoms with van der Waals surface area (Å²) in [5.74, 6) is 0.954. The number of anilines is 1. The third-order valence-electron chi connectivity index (χ3n) is 2.47. The number of nitrogens with one attached hydrogen (secondary N) is 2. The quantitative estimate of drug-likeness (QED) is 0.852. The molecule has 1 amide bonds. The fraction of sp³-hybridized carbons (Fsp3) is 0.250. The smallest absolute Gasteiger partial charge is 0.230 e. The monoisotopic (exact) mass is 246 g/mol. The summed E-state index contributed by atoms with van der Waals surface area (Å²) >= 11 is 0. The summed E-state index contributed by atoms with van der Waals surface area (Å²) in [7, 11) is 1.59. The van der Waals surface area contributed by atoms with Crippen molar-refractivity contribution in [3.63, 3.8) is 0 Å². The van der Waals surface area contributed by atoms with Crippen LogP contribution >= 0.6 is 0 Å². The predicted octanol–water partition coefficient (Wildman–Crippen LogP) is 1.30. The van der Waals surface area contributed by atoms with Crippen LogP contribution in [0.25, 0.3) is 0 Å². The number of aryl methyl sites for hydroxylation is 1. The van der Waals surface area contributed by atoms with Crippen molar-refractivity contribution < 1.29 is 9.53 Å². The molecule has 0 saturated carbocycles. The number of benzene rings is 1. The van der Waals surface area contributed by atoms with Crippen LogP contribution in [0.15, 0.2) is 24.4 Å². The summed E-state index contributed by atoms with van der Waals surface area (Å²) in [4.78, 5) is 11.8. The van der Waals surface area contributed by atoms with Crippen molar-refractivity contribution in [3.05, 3.63) is 35.5 Å². The van der Waals surface area contributed by atoms with E-state index in [4.69, 9.17) is 4.74 Å². The maximum Gasteiger partial charge on any atom is 0.230 e. The first-order valence-electron chi connectivity index (χ1n) is 5.48. The predicted molar refractivity (Wildman–Crippen MR) is 66.4 cm³/mol. The molecule has 0 fully saturated rings. The van der Waals surface area contributed by atoms with Crippen LogP contribution in [0.1, 0.15) is 11.1 Å². The first kappa shape index (κ1) is 12.1. The van der Waals surface area contributed by atoms with E-state index >= 15 is 0 Å². The van der Waals surface area contributed by atoms with E-state index in [1.165, 1.54) is 6.20 Å². The lowest BCUT2D eigenvalue weighted by molar-refractivity contribution is -0.115. The second-order valence-corrected chi connectivity index (χ2v) is 3.90. The Balaban J connectivity index is 2.08. The summed E-state index contributed by atoms with van der Waals surface area (Å²) in [5, 5.41) is 12.4. The molecule has 0 atom stereocenters. The molecule has 0 spiro atoms. The van der Waals surface area contributed by atoms with Crippen molar-refractivity contribution in [3.8, 4) is 5.75 Å². The van der Waals surface area contributed by atoms with Crippen LogP contribution < -0.4 is 10.1 Å². The van der Waals surface area contributed by atoms with Crippen LogP contribution in [0.3, 0.4) is 0 Å². The minimum absolute atomic E-state index is 0.159. The molecule has 6 nitrogen and oxygen atoms in total. The Labute approximate surface area is 104 Å². The molecule has 1 aromatic carbocycles. The summed E-state index contributed by atoms with van der Waals surface area (Å²) in [6.45, 7) is 1.97. The molecule has 1 aromatic heterocycles. The van der Waals surface area contributed by atoms with Gasteiger partial charge < -0.3 is 10.1 Å². The number of rotatable bonds is 4. The second-order valence-electron chi connectivity index (χ2n) is 3.90. The van der Waals surface area contributed by atoms with E-state index < -0.39 is 0 Å². The van der Waals surface area contributed by atoms with Crippen LogP contribution in [0.4, 0.5) is 5.82 Å². The third kappa shape index (κ3) is 2.85. The fourth-order valence-electron chi connectivity index (χ4n) is 1.67. The molecule has 1 heterocycles.